The summed E-state index contributed by atoms with van der Waals surface area (Å²) in [5.74, 6) is -4.53. The van der Waals surface area contributed by atoms with Crippen LogP contribution in [0, 0.1) is 0 Å². The molecule has 1 aromatic carbocycles. The Morgan fingerprint density at radius 2 is 1.56 bits per heavy atom. The maximum absolute atomic E-state index is 13.5. The molecule has 0 aliphatic heterocycles. The van der Waals surface area contributed by atoms with Crippen LogP contribution in [0.2, 0.25) is 0 Å². The third kappa shape index (κ3) is 9.93. The van der Waals surface area contributed by atoms with E-state index >= 15 is 0 Å². The van der Waals surface area contributed by atoms with Crippen LogP contribution in [0.15, 0.2) is 43.0 Å². The fourth-order valence-electron chi connectivity index (χ4n) is 4.54. The highest BCUT2D eigenvalue weighted by Crippen LogP contribution is 2.19. The topological polar surface area (TPSA) is 258 Å². The summed E-state index contributed by atoms with van der Waals surface area (Å²) in [6, 6.07) is 2.57. The average molecular weight is 599 g/mol. The van der Waals surface area contributed by atoms with Gasteiger partial charge in [0.2, 0.25) is 17.7 Å². The number of hydrogen-bond acceptors (Lipinski definition) is 8. The number of nitrogens with zero attached hydrogens (tertiary/aromatic N) is 1. The molecule has 0 radical (unpaired) electrons. The number of imidazole rings is 1. The van der Waals surface area contributed by atoms with Crippen molar-refractivity contribution >= 4 is 40.6 Å². The average Bonchev–Trinajstić information content (AvgIpc) is 3.64. The Bertz CT molecular complexity index is 1390. The monoisotopic (exact) mass is 598 g/mol. The van der Waals surface area contributed by atoms with Crippen molar-refractivity contribution in [2.45, 2.75) is 69.1 Å². The summed E-state index contributed by atoms with van der Waals surface area (Å²) in [4.78, 5) is 72.4. The molecule has 43 heavy (non-hydrogen) atoms. The number of carboxylic acid groups (broad SMARTS) is 2. The van der Waals surface area contributed by atoms with Gasteiger partial charge in [0.05, 0.1) is 12.4 Å². The van der Waals surface area contributed by atoms with Crippen LogP contribution in [0.4, 0.5) is 0 Å². The number of aromatic nitrogens is 3. The van der Waals surface area contributed by atoms with Crippen LogP contribution in [-0.2, 0) is 36.8 Å². The molecule has 11 N–H and O–H groups in total. The molecule has 3 aromatic rings. The molecule has 2 heterocycles. The van der Waals surface area contributed by atoms with Gasteiger partial charge in [0, 0.05) is 48.3 Å². The van der Waals surface area contributed by atoms with Crippen molar-refractivity contribution in [2.75, 3.05) is 6.54 Å². The number of carboxylic acids is 2. The molecule has 0 saturated carbocycles. The molecule has 0 fully saturated rings. The molecule has 0 saturated heterocycles. The summed E-state index contributed by atoms with van der Waals surface area (Å²) in [5, 5.41) is 27.3. The number of nitrogens with two attached hydrogens (primary N) is 2. The lowest BCUT2D eigenvalue weighted by Crippen LogP contribution is -2.57. The Balaban J connectivity index is 1.76. The number of carbonyl (C=O) groups excluding carboxylic acids is 3. The van der Waals surface area contributed by atoms with Gasteiger partial charge >= 0.3 is 11.9 Å². The minimum absolute atomic E-state index is 0.0121. The smallest absolute Gasteiger partial charge is 0.326 e. The molecule has 4 atom stereocenters. The van der Waals surface area contributed by atoms with Crippen LogP contribution < -0.4 is 27.4 Å². The summed E-state index contributed by atoms with van der Waals surface area (Å²) >= 11 is 0. The zero-order chi connectivity index (χ0) is 31.4. The van der Waals surface area contributed by atoms with Crippen molar-refractivity contribution < 1.29 is 34.2 Å². The van der Waals surface area contributed by atoms with E-state index in [1.807, 2.05) is 24.3 Å². The fourth-order valence-corrected chi connectivity index (χ4v) is 4.54. The van der Waals surface area contributed by atoms with Crippen molar-refractivity contribution in [3.63, 3.8) is 0 Å². The summed E-state index contributed by atoms with van der Waals surface area (Å²) < 4.78 is 0. The van der Waals surface area contributed by atoms with Gasteiger partial charge in [0.25, 0.3) is 0 Å². The van der Waals surface area contributed by atoms with E-state index in [0.29, 0.717) is 30.6 Å². The lowest BCUT2D eigenvalue weighted by atomic mass is 10.0. The van der Waals surface area contributed by atoms with Gasteiger partial charge in [0.15, 0.2) is 0 Å². The fraction of sp³-hybridized carbons (Fsp3) is 0.429. The van der Waals surface area contributed by atoms with E-state index in [1.165, 1.54) is 12.5 Å². The van der Waals surface area contributed by atoms with E-state index < -0.39 is 53.8 Å². The second-order valence-corrected chi connectivity index (χ2v) is 10.2. The number of carbonyl (C=O) groups is 5. The maximum atomic E-state index is 13.5. The van der Waals surface area contributed by atoms with Crippen LogP contribution in [0.5, 0.6) is 0 Å². The second-order valence-electron chi connectivity index (χ2n) is 10.2. The predicted octanol–water partition coefficient (Wildman–Crippen LogP) is -0.464. The van der Waals surface area contributed by atoms with Crippen molar-refractivity contribution in [3.8, 4) is 0 Å². The van der Waals surface area contributed by atoms with Gasteiger partial charge in [-0.3, -0.25) is 19.2 Å². The largest absolute Gasteiger partial charge is 0.481 e. The Kier molecular flexibility index (Phi) is 12.2. The van der Waals surface area contributed by atoms with Gasteiger partial charge in [-0.15, -0.1) is 0 Å². The van der Waals surface area contributed by atoms with Gasteiger partial charge < -0.3 is 47.6 Å². The molecule has 0 aliphatic rings. The minimum atomic E-state index is -1.31. The highest BCUT2D eigenvalue weighted by molar-refractivity contribution is 5.94. The molecule has 15 nitrogen and oxygen atoms in total. The molecular weight excluding hydrogens is 560 g/mol. The van der Waals surface area contributed by atoms with E-state index in [9.17, 15) is 29.1 Å². The second kappa shape index (κ2) is 16.0. The lowest BCUT2D eigenvalue weighted by molar-refractivity contribution is -0.142. The highest BCUT2D eigenvalue weighted by Gasteiger charge is 2.31. The lowest BCUT2D eigenvalue weighted by Gasteiger charge is -2.25. The van der Waals surface area contributed by atoms with Gasteiger partial charge in [0.1, 0.15) is 18.1 Å². The van der Waals surface area contributed by atoms with Gasteiger partial charge in [-0.25, -0.2) is 9.78 Å². The van der Waals surface area contributed by atoms with Crippen LogP contribution in [0.1, 0.15) is 43.4 Å². The summed E-state index contributed by atoms with van der Waals surface area (Å²) in [5.41, 5.74) is 13.4. The molecule has 0 spiro atoms. The first-order valence-corrected chi connectivity index (χ1v) is 13.9. The molecule has 0 bridgehead atoms. The van der Waals surface area contributed by atoms with Crippen molar-refractivity contribution in [2.24, 2.45) is 11.5 Å². The van der Waals surface area contributed by atoms with Gasteiger partial charge in [-0.2, -0.15) is 0 Å². The first kappa shape index (κ1) is 32.8. The summed E-state index contributed by atoms with van der Waals surface area (Å²) in [6.45, 7) is 0.359. The number of aliphatic carboxylic acids is 2. The minimum Gasteiger partial charge on any atom is -0.481 e. The number of H-pyrrole nitrogens is 2. The third-order valence-corrected chi connectivity index (χ3v) is 6.91. The number of aromatic amines is 2. The zero-order valence-electron chi connectivity index (χ0n) is 23.5. The first-order chi connectivity index (χ1) is 20.6. The van der Waals surface area contributed by atoms with Crippen LogP contribution in [0.25, 0.3) is 10.9 Å². The quantitative estimate of drug-likeness (QED) is 0.0851. The maximum Gasteiger partial charge on any atom is 0.326 e. The van der Waals surface area contributed by atoms with Crippen LogP contribution in [0.3, 0.4) is 0 Å². The molecule has 0 aliphatic carbocycles. The molecule has 2 aromatic heterocycles. The Hall–Kier alpha value is -4.76. The molecule has 232 valence electrons. The Labute approximate surface area is 247 Å². The van der Waals surface area contributed by atoms with Gasteiger partial charge in [-0.05, 0) is 43.9 Å². The van der Waals surface area contributed by atoms with Gasteiger partial charge in [-0.1, -0.05) is 18.2 Å². The van der Waals surface area contributed by atoms with E-state index in [1.54, 1.807) is 6.20 Å². The predicted molar refractivity (Wildman–Crippen MR) is 155 cm³/mol. The third-order valence-electron chi connectivity index (χ3n) is 6.91. The van der Waals surface area contributed by atoms with E-state index in [2.05, 4.69) is 30.9 Å². The number of fused-ring (bicyclic) bond motifs is 1. The Morgan fingerprint density at radius 3 is 2.23 bits per heavy atom. The van der Waals surface area contributed by atoms with E-state index in [-0.39, 0.29) is 32.1 Å². The highest BCUT2D eigenvalue weighted by atomic mass is 16.4. The summed E-state index contributed by atoms with van der Waals surface area (Å²) in [7, 11) is 0. The molecule has 4 unspecified atom stereocenters. The number of benzene rings is 1. The molecule has 3 rings (SSSR count). The Morgan fingerprint density at radius 1 is 0.860 bits per heavy atom. The normalized spacial score (nSPS) is 13.9. The zero-order valence-corrected chi connectivity index (χ0v) is 23.5. The standard InChI is InChI=1S/C28H38N8O7/c29-10-4-3-7-21(34-25(39)19(30)8-9-24(37)38)26(40)35-22(12-17-14-31-15-33-17)27(41)36-23(28(42)43)11-16-13-32-20-6-2-1-5-18(16)20/h1-2,5-6,13-15,19,21-23,32H,3-4,7-12,29-30H2,(H,31,33)(H,34,39)(H,35,40)(H,36,41)(H,37,38)(H,42,43). The summed E-state index contributed by atoms with van der Waals surface area (Å²) in [6.07, 6.45) is 5.26. The van der Waals surface area contributed by atoms with E-state index in [4.69, 9.17) is 16.6 Å². The van der Waals surface area contributed by atoms with Crippen LogP contribution in [-0.4, -0.2) is 85.5 Å². The molecule has 15 heteroatoms. The van der Waals surface area contributed by atoms with E-state index in [0.717, 1.165) is 10.9 Å². The number of unbranched alkanes of at least 4 members (excludes halogenated alkanes) is 1. The SMILES string of the molecule is NCCCCC(NC(=O)C(N)CCC(=O)O)C(=O)NC(Cc1cnc[nH]1)C(=O)NC(Cc1c[nH]c2ccccc12)C(=O)O. The number of nitrogens with one attached hydrogen (secondary N) is 5. The van der Waals surface area contributed by atoms with Crippen molar-refractivity contribution in [3.05, 3.63) is 54.2 Å². The van der Waals surface area contributed by atoms with Crippen molar-refractivity contribution in [1.29, 1.82) is 0 Å². The number of rotatable bonds is 18. The van der Waals surface area contributed by atoms with Crippen molar-refractivity contribution in [1.82, 2.24) is 30.9 Å². The molecule has 3 amide bonds. The van der Waals surface area contributed by atoms with Crippen LogP contribution >= 0.6 is 0 Å². The molecular formula is C28H38N8O7. The first-order valence-electron chi connectivity index (χ1n) is 13.9. The number of para-hydroxylation sites is 1. The number of hydrogen-bond donors (Lipinski definition) is 9. The number of amides is 3.